The molecule has 7 nitrogen and oxygen atoms in total. The smallest absolute Gasteiger partial charge is 0.337 e. The molecule has 2 aromatic carbocycles. The first kappa shape index (κ1) is 22.2. The van der Waals surface area contributed by atoms with Crippen molar-refractivity contribution in [2.45, 2.75) is 18.9 Å². The van der Waals surface area contributed by atoms with Gasteiger partial charge in [0.2, 0.25) is 11.8 Å². The first-order valence-corrected chi connectivity index (χ1v) is 9.93. The molecule has 0 N–H and O–H groups in total. The number of hydrogen-bond acceptors (Lipinski definition) is 5. The zero-order valence-electron chi connectivity index (χ0n) is 16.9. The summed E-state index contributed by atoms with van der Waals surface area (Å²) in [5.74, 6) is -1.74. The number of esters is 1. The molecule has 0 aromatic heterocycles. The Kier molecular flexibility index (Phi) is 6.87. The number of rotatable bonds is 7. The number of hydrogen-bond donors (Lipinski definition) is 0. The summed E-state index contributed by atoms with van der Waals surface area (Å²) in [6.07, 6.45) is 1.46. The SMILES string of the molecule is C=CCN(C(=O)Cc1ccc(Cl)cc1)C1CC(=O)N(c2ccc(C(=O)OC)cc2)C1=O. The number of imide groups is 1. The van der Waals surface area contributed by atoms with Crippen molar-refractivity contribution in [1.82, 2.24) is 4.90 Å². The maximum absolute atomic E-state index is 13.1. The van der Waals surface area contributed by atoms with Gasteiger partial charge in [0.25, 0.3) is 5.91 Å². The van der Waals surface area contributed by atoms with Crippen molar-refractivity contribution in [3.63, 3.8) is 0 Å². The Labute approximate surface area is 184 Å². The predicted octanol–water partition coefficient (Wildman–Crippen LogP) is 3.02. The molecule has 1 fully saturated rings. The second-order valence-electron chi connectivity index (χ2n) is 6.96. The molecular weight excluding hydrogens is 420 g/mol. The molecule has 1 aliphatic rings. The van der Waals surface area contributed by atoms with Gasteiger partial charge in [-0.2, -0.15) is 0 Å². The van der Waals surface area contributed by atoms with Gasteiger partial charge >= 0.3 is 5.97 Å². The highest BCUT2D eigenvalue weighted by atomic mass is 35.5. The van der Waals surface area contributed by atoms with Crippen LogP contribution in [0.25, 0.3) is 0 Å². The van der Waals surface area contributed by atoms with Crippen molar-refractivity contribution in [2.75, 3.05) is 18.6 Å². The summed E-state index contributed by atoms with van der Waals surface area (Å²) in [4.78, 5) is 52.6. The van der Waals surface area contributed by atoms with Crippen molar-refractivity contribution in [3.05, 3.63) is 77.3 Å². The quantitative estimate of drug-likeness (QED) is 0.375. The second kappa shape index (κ2) is 9.57. The summed E-state index contributed by atoms with van der Waals surface area (Å²) in [7, 11) is 1.27. The molecule has 0 bridgehead atoms. The van der Waals surface area contributed by atoms with Gasteiger partial charge in [-0.15, -0.1) is 6.58 Å². The lowest BCUT2D eigenvalue weighted by Crippen LogP contribution is -2.46. The summed E-state index contributed by atoms with van der Waals surface area (Å²) in [5, 5.41) is 0.560. The van der Waals surface area contributed by atoms with Crippen LogP contribution in [0, 0.1) is 0 Å². The van der Waals surface area contributed by atoms with Gasteiger partial charge < -0.3 is 9.64 Å². The number of halogens is 1. The van der Waals surface area contributed by atoms with Gasteiger partial charge in [-0.25, -0.2) is 9.69 Å². The van der Waals surface area contributed by atoms with E-state index in [0.717, 1.165) is 10.5 Å². The van der Waals surface area contributed by atoms with Gasteiger partial charge in [0, 0.05) is 11.6 Å². The molecule has 31 heavy (non-hydrogen) atoms. The fourth-order valence-electron chi connectivity index (χ4n) is 3.42. The maximum Gasteiger partial charge on any atom is 0.337 e. The lowest BCUT2D eigenvalue weighted by Gasteiger charge is -2.26. The van der Waals surface area contributed by atoms with E-state index in [0.29, 0.717) is 16.3 Å². The van der Waals surface area contributed by atoms with Crippen molar-refractivity contribution in [3.8, 4) is 0 Å². The zero-order valence-corrected chi connectivity index (χ0v) is 17.7. The maximum atomic E-state index is 13.1. The summed E-state index contributed by atoms with van der Waals surface area (Å²) in [5.41, 5.74) is 1.37. The summed E-state index contributed by atoms with van der Waals surface area (Å²) < 4.78 is 4.65. The van der Waals surface area contributed by atoms with E-state index < -0.39 is 23.8 Å². The number of carbonyl (C=O) groups is 4. The van der Waals surface area contributed by atoms with Crippen LogP contribution in [0.4, 0.5) is 5.69 Å². The third-order valence-electron chi connectivity index (χ3n) is 4.96. The van der Waals surface area contributed by atoms with E-state index in [1.165, 1.54) is 42.4 Å². The van der Waals surface area contributed by atoms with Crippen molar-refractivity contribution in [2.24, 2.45) is 0 Å². The molecule has 1 unspecified atom stereocenters. The average molecular weight is 441 g/mol. The fourth-order valence-corrected chi connectivity index (χ4v) is 3.54. The number of ether oxygens (including phenoxy) is 1. The van der Waals surface area contributed by atoms with Gasteiger partial charge in [0.05, 0.1) is 31.2 Å². The number of nitrogens with zero attached hydrogens (tertiary/aromatic N) is 2. The molecule has 8 heteroatoms. The van der Waals surface area contributed by atoms with Crippen molar-refractivity contribution in [1.29, 1.82) is 0 Å². The fraction of sp³-hybridized carbons (Fsp3) is 0.217. The number of amides is 3. The molecule has 1 heterocycles. The monoisotopic (exact) mass is 440 g/mol. The normalized spacial score (nSPS) is 15.7. The molecule has 3 rings (SSSR count). The minimum absolute atomic E-state index is 0.0663. The topological polar surface area (TPSA) is 84.0 Å². The summed E-state index contributed by atoms with van der Waals surface area (Å²) in [6, 6.07) is 11.9. The third-order valence-corrected chi connectivity index (χ3v) is 5.21. The van der Waals surface area contributed by atoms with Crippen LogP contribution >= 0.6 is 11.6 Å². The number of methoxy groups -OCH3 is 1. The molecule has 0 saturated carbocycles. The van der Waals surface area contributed by atoms with Crippen LogP contribution in [0.3, 0.4) is 0 Å². The van der Waals surface area contributed by atoms with Crippen LogP contribution in [0.5, 0.6) is 0 Å². The van der Waals surface area contributed by atoms with Crippen LogP contribution < -0.4 is 4.90 Å². The van der Waals surface area contributed by atoms with Crippen LogP contribution in [0.1, 0.15) is 22.3 Å². The highest BCUT2D eigenvalue weighted by molar-refractivity contribution is 6.30. The van der Waals surface area contributed by atoms with E-state index in [9.17, 15) is 19.2 Å². The van der Waals surface area contributed by atoms with Crippen LogP contribution in [-0.2, 0) is 25.5 Å². The van der Waals surface area contributed by atoms with E-state index in [-0.39, 0.29) is 25.3 Å². The summed E-state index contributed by atoms with van der Waals surface area (Å²) >= 11 is 5.89. The Morgan fingerprint density at radius 1 is 1.16 bits per heavy atom. The van der Waals surface area contributed by atoms with Crippen molar-refractivity contribution >= 4 is 41.0 Å². The molecule has 0 radical (unpaired) electrons. The van der Waals surface area contributed by atoms with Crippen LogP contribution in [0.15, 0.2) is 61.2 Å². The molecule has 0 aliphatic carbocycles. The van der Waals surface area contributed by atoms with Gasteiger partial charge in [-0.3, -0.25) is 14.4 Å². The summed E-state index contributed by atoms with van der Waals surface area (Å²) in [6.45, 7) is 3.79. The first-order chi connectivity index (χ1) is 14.8. The van der Waals surface area contributed by atoms with Gasteiger partial charge in [0.15, 0.2) is 0 Å². The van der Waals surface area contributed by atoms with Gasteiger partial charge in [0.1, 0.15) is 6.04 Å². The standard InChI is InChI=1S/C23H21ClN2O5/c1-3-12-25(20(27)13-15-4-8-17(24)9-5-15)19-14-21(28)26(22(19)29)18-10-6-16(7-11-18)23(30)31-2/h3-11,19H,1,12-14H2,2H3. The molecular formula is C23H21ClN2O5. The molecule has 1 saturated heterocycles. The minimum Gasteiger partial charge on any atom is -0.465 e. The van der Waals surface area contributed by atoms with E-state index in [1.54, 1.807) is 24.3 Å². The predicted molar refractivity (Wildman–Crippen MR) is 116 cm³/mol. The van der Waals surface area contributed by atoms with Gasteiger partial charge in [-0.1, -0.05) is 29.8 Å². The van der Waals surface area contributed by atoms with Crippen LogP contribution in [0.2, 0.25) is 5.02 Å². The number of benzene rings is 2. The number of anilines is 1. The van der Waals surface area contributed by atoms with E-state index >= 15 is 0 Å². The van der Waals surface area contributed by atoms with Crippen LogP contribution in [-0.4, -0.2) is 48.3 Å². The van der Waals surface area contributed by atoms with E-state index in [1.807, 2.05) is 0 Å². The first-order valence-electron chi connectivity index (χ1n) is 9.55. The highest BCUT2D eigenvalue weighted by Crippen LogP contribution is 2.27. The Balaban J connectivity index is 1.80. The van der Waals surface area contributed by atoms with E-state index in [2.05, 4.69) is 11.3 Å². The largest absolute Gasteiger partial charge is 0.465 e. The third kappa shape index (κ3) is 4.83. The average Bonchev–Trinajstić information content (AvgIpc) is 3.06. The molecule has 1 atom stereocenters. The van der Waals surface area contributed by atoms with E-state index in [4.69, 9.17) is 11.6 Å². The molecule has 160 valence electrons. The second-order valence-corrected chi connectivity index (χ2v) is 7.40. The molecule has 1 aliphatic heterocycles. The zero-order chi connectivity index (χ0) is 22.5. The lowest BCUT2D eigenvalue weighted by atomic mass is 10.1. The number of carbonyl (C=O) groups excluding carboxylic acids is 4. The van der Waals surface area contributed by atoms with Gasteiger partial charge in [-0.05, 0) is 42.0 Å². The Morgan fingerprint density at radius 2 is 1.81 bits per heavy atom. The highest BCUT2D eigenvalue weighted by Gasteiger charge is 2.44. The lowest BCUT2D eigenvalue weighted by molar-refractivity contribution is -0.137. The molecule has 3 amide bonds. The minimum atomic E-state index is -0.925. The Morgan fingerprint density at radius 3 is 2.39 bits per heavy atom. The van der Waals surface area contributed by atoms with Crippen molar-refractivity contribution < 1.29 is 23.9 Å². The molecule has 2 aromatic rings. The molecule has 0 spiro atoms. The Bertz CT molecular complexity index is 1020. The Hall–Kier alpha value is -3.45.